The van der Waals surface area contributed by atoms with E-state index < -0.39 is 10.0 Å². The number of pyridine rings is 1. The molecule has 0 saturated carbocycles. The van der Waals surface area contributed by atoms with Crippen LogP contribution in [0.1, 0.15) is 5.56 Å². The van der Waals surface area contributed by atoms with E-state index in [1.54, 1.807) is 24.5 Å². The number of hydrogen-bond acceptors (Lipinski definition) is 8. The Balaban J connectivity index is 1.83. The average molecular weight is 343 g/mol. The lowest BCUT2D eigenvalue weighted by atomic mass is 10.1. The smallest absolute Gasteiger partial charge is 0.238 e. The Labute approximate surface area is 137 Å². The second-order valence-corrected chi connectivity index (χ2v) is 6.37. The van der Waals surface area contributed by atoms with E-state index in [2.05, 4.69) is 25.7 Å². The number of aromatic nitrogens is 1. The third-order valence-electron chi connectivity index (χ3n) is 3.16. The molecule has 1 aromatic carbocycles. The zero-order chi connectivity index (χ0) is 17.2. The highest BCUT2D eigenvalue weighted by molar-refractivity contribution is 7.89. The monoisotopic (exact) mass is 343 g/mol. The number of benzene rings is 1. The first-order valence-corrected chi connectivity index (χ1v) is 8.28. The fourth-order valence-electron chi connectivity index (χ4n) is 1.97. The van der Waals surface area contributed by atoms with E-state index in [9.17, 15) is 8.42 Å². The van der Waals surface area contributed by atoms with Crippen LogP contribution in [0.25, 0.3) is 0 Å². The molecule has 10 heteroatoms. The van der Waals surface area contributed by atoms with E-state index in [-0.39, 0.29) is 10.7 Å². The highest BCUT2D eigenvalue weighted by Gasteiger charge is 2.21. The first-order valence-electron chi connectivity index (χ1n) is 6.74. The summed E-state index contributed by atoms with van der Waals surface area (Å²) in [6.07, 6.45) is 3.26. The van der Waals surface area contributed by atoms with Gasteiger partial charge in [-0.2, -0.15) is 5.10 Å². The van der Waals surface area contributed by atoms with Crippen molar-refractivity contribution in [3.8, 4) is 0 Å². The summed E-state index contributed by atoms with van der Waals surface area (Å²) < 4.78 is 22.5. The minimum atomic E-state index is -3.73. The number of sulfonamides is 1. The number of anilines is 1. The van der Waals surface area contributed by atoms with Gasteiger partial charge >= 0.3 is 0 Å². The van der Waals surface area contributed by atoms with Crippen LogP contribution < -0.4 is 16.3 Å². The topological polar surface area (TPSA) is 148 Å². The van der Waals surface area contributed by atoms with Crippen LogP contribution in [-0.2, 0) is 10.0 Å². The van der Waals surface area contributed by atoms with E-state index in [0.29, 0.717) is 17.1 Å². The Bertz CT molecular complexity index is 948. The summed E-state index contributed by atoms with van der Waals surface area (Å²) in [6.45, 7) is 0. The molecule has 0 saturated heterocycles. The van der Waals surface area contributed by atoms with Crippen LogP contribution in [0.2, 0.25) is 0 Å². The summed E-state index contributed by atoms with van der Waals surface area (Å²) >= 11 is 0. The number of rotatable bonds is 4. The van der Waals surface area contributed by atoms with Gasteiger partial charge in [-0.3, -0.25) is 10.4 Å². The molecule has 5 N–H and O–H groups in total. The van der Waals surface area contributed by atoms with Crippen LogP contribution in [0.4, 0.5) is 5.69 Å². The van der Waals surface area contributed by atoms with Crippen molar-refractivity contribution < 1.29 is 8.42 Å². The summed E-state index contributed by atoms with van der Waals surface area (Å²) in [7, 11) is -3.73. The molecule has 1 aromatic heterocycles. The molecule has 2 heterocycles. The first-order chi connectivity index (χ1) is 11.4. The Morgan fingerprint density at radius 3 is 2.29 bits per heavy atom. The van der Waals surface area contributed by atoms with Gasteiger partial charge < -0.3 is 5.73 Å². The van der Waals surface area contributed by atoms with Crippen LogP contribution in [0.15, 0.2) is 69.0 Å². The molecule has 24 heavy (non-hydrogen) atoms. The lowest BCUT2D eigenvalue weighted by molar-refractivity contribution is 0.598. The lowest BCUT2D eigenvalue weighted by Gasteiger charge is -2.05. The van der Waals surface area contributed by atoms with E-state index in [1.165, 1.54) is 24.3 Å². The largest absolute Gasteiger partial charge is 0.380 e. The molecule has 1 aliphatic rings. The van der Waals surface area contributed by atoms with Crippen molar-refractivity contribution >= 4 is 33.0 Å². The molecule has 0 atom stereocenters. The maximum absolute atomic E-state index is 11.2. The molecule has 122 valence electrons. The van der Waals surface area contributed by atoms with Crippen LogP contribution in [0.3, 0.4) is 0 Å². The van der Waals surface area contributed by atoms with E-state index in [0.717, 1.165) is 5.56 Å². The quantitative estimate of drug-likeness (QED) is 0.681. The van der Waals surface area contributed by atoms with Crippen LogP contribution >= 0.6 is 0 Å². The standard InChI is InChI=1S/C14H13N7O2S/c15-14-13(12(19-21-14)9-5-7-17-8-6-9)20-18-10-1-3-11(4-2-10)24(16,22)23/h1-8,18H,(H2,15,20,21)(H2,16,22,23). The average Bonchev–Trinajstić information content (AvgIpc) is 2.94. The maximum Gasteiger partial charge on any atom is 0.238 e. The van der Waals surface area contributed by atoms with Gasteiger partial charge in [0.2, 0.25) is 10.0 Å². The minimum absolute atomic E-state index is 0.0154. The van der Waals surface area contributed by atoms with Crippen molar-refractivity contribution in [3.05, 3.63) is 54.4 Å². The van der Waals surface area contributed by atoms with E-state index in [4.69, 9.17) is 10.9 Å². The highest BCUT2D eigenvalue weighted by Crippen LogP contribution is 2.14. The Kier molecular flexibility index (Phi) is 4.06. The third kappa shape index (κ3) is 3.29. The summed E-state index contributed by atoms with van der Waals surface area (Å²) in [4.78, 5) is 3.96. The number of hydrazone groups is 1. The van der Waals surface area contributed by atoms with E-state index >= 15 is 0 Å². The second kappa shape index (κ2) is 6.18. The number of nitrogens with one attached hydrogen (secondary N) is 1. The van der Waals surface area contributed by atoms with Crippen LogP contribution in [0.5, 0.6) is 0 Å². The molecule has 0 radical (unpaired) electrons. The summed E-state index contributed by atoms with van der Waals surface area (Å²) in [6, 6.07) is 9.36. The summed E-state index contributed by atoms with van der Waals surface area (Å²) in [5.74, 6) is 0.176. The third-order valence-corrected chi connectivity index (χ3v) is 4.09. The second-order valence-electron chi connectivity index (χ2n) is 4.81. The molecular weight excluding hydrogens is 330 g/mol. The van der Waals surface area contributed by atoms with Crippen molar-refractivity contribution in [2.75, 3.05) is 5.43 Å². The predicted octanol–water partition coefficient (Wildman–Crippen LogP) is 0.272. The van der Waals surface area contributed by atoms with Crippen molar-refractivity contribution in [2.45, 2.75) is 4.90 Å². The van der Waals surface area contributed by atoms with Crippen molar-refractivity contribution in [2.24, 2.45) is 26.2 Å². The first kappa shape index (κ1) is 15.8. The van der Waals surface area contributed by atoms with Gasteiger partial charge in [0, 0.05) is 18.0 Å². The van der Waals surface area contributed by atoms with Gasteiger partial charge in [-0.25, -0.2) is 13.6 Å². The Morgan fingerprint density at radius 2 is 1.67 bits per heavy atom. The van der Waals surface area contributed by atoms with Crippen molar-refractivity contribution in [3.63, 3.8) is 0 Å². The molecule has 9 nitrogen and oxygen atoms in total. The van der Waals surface area contributed by atoms with Crippen molar-refractivity contribution in [1.29, 1.82) is 0 Å². The molecule has 2 aromatic rings. The zero-order valence-corrected chi connectivity index (χ0v) is 13.1. The molecule has 1 aliphatic heterocycles. The fourth-order valence-corrected chi connectivity index (χ4v) is 2.49. The number of nitrogens with zero attached hydrogens (tertiary/aromatic N) is 4. The van der Waals surface area contributed by atoms with Gasteiger partial charge in [0.15, 0.2) is 11.5 Å². The fraction of sp³-hybridized carbons (Fsp3) is 0. The normalized spacial score (nSPS) is 16.0. The van der Waals surface area contributed by atoms with Gasteiger partial charge in [-0.15, -0.1) is 10.2 Å². The Morgan fingerprint density at radius 1 is 1.00 bits per heavy atom. The lowest BCUT2D eigenvalue weighted by Crippen LogP contribution is -2.28. The number of primary sulfonamides is 1. The molecular formula is C14H13N7O2S. The highest BCUT2D eigenvalue weighted by atomic mass is 32.2. The zero-order valence-electron chi connectivity index (χ0n) is 12.3. The number of nitrogens with two attached hydrogens (primary N) is 2. The van der Waals surface area contributed by atoms with Crippen LogP contribution in [-0.4, -0.2) is 30.7 Å². The molecule has 0 bridgehead atoms. The van der Waals surface area contributed by atoms with Gasteiger partial charge in [0.05, 0.1) is 10.6 Å². The molecule has 0 fully saturated rings. The predicted molar refractivity (Wildman–Crippen MR) is 91.3 cm³/mol. The summed E-state index contributed by atoms with van der Waals surface area (Å²) in [5, 5.41) is 17.1. The van der Waals surface area contributed by atoms with Crippen LogP contribution in [0, 0.1) is 0 Å². The summed E-state index contributed by atoms with van der Waals surface area (Å²) in [5.41, 5.74) is 10.8. The van der Waals surface area contributed by atoms with Crippen molar-refractivity contribution in [1.82, 2.24) is 4.98 Å². The van der Waals surface area contributed by atoms with E-state index in [1.807, 2.05) is 0 Å². The number of amidine groups is 1. The maximum atomic E-state index is 11.2. The number of hydrogen-bond donors (Lipinski definition) is 3. The molecule has 0 spiro atoms. The van der Waals surface area contributed by atoms with Gasteiger partial charge in [-0.1, -0.05) is 0 Å². The van der Waals surface area contributed by atoms with Gasteiger partial charge in [0.25, 0.3) is 0 Å². The molecule has 0 aliphatic carbocycles. The SMILES string of the molecule is NC1=NN=C(c2ccncc2)/C1=N\Nc1ccc(S(N)(=O)=O)cc1. The molecule has 3 rings (SSSR count). The minimum Gasteiger partial charge on any atom is -0.380 e. The Hall–Kier alpha value is -3.11. The molecule has 0 amide bonds. The van der Waals surface area contributed by atoms with Gasteiger partial charge in [-0.05, 0) is 36.4 Å². The molecule has 0 unspecified atom stereocenters. The van der Waals surface area contributed by atoms with Gasteiger partial charge in [0.1, 0.15) is 5.71 Å².